The molecule has 0 spiro atoms. The third kappa shape index (κ3) is 5.08. The van der Waals surface area contributed by atoms with Crippen LogP contribution in [0.15, 0.2) is 35.2 Å². The van der Waals surface area contributed by atoms with Gasteiger partial charge in [0.15, 0.2) is 11.5 Å². The van der Waals surface area contributed by atoms with Gasteiger partial charge in [-0.15, -0.1) is 0 Å². The maximum Gasteiger partial charge on any atom is 0.340 e. The molecule has 3 rings (SSSR count). The molecule has 2 aromatic rings. The lowest BCUT2D eigenvalue weighted by Crippen LogP contribution is -2.40. The van der Waals surface area contributed by atoms with Gasteiger partial charge < -0.3 is 29.0 Å². The number of carbonyl (C=O) groups is 2. The Bertz CT molecular complexity index is 1180. The van der Waals surface area contributed by atoms with Crippen molar-refractivity contribution in [2.45, 2.75) is 4.90 Å². The summed E-state index contributed by atoms with van der Waals surface area (Å²) in [6.45, 7) is 0.931. The molecule has 184 valence electrons. The molecule has 0 radical (unpaired) electrons. The number of carbonyl (C=O) groups excluding carboxylic acids is 2. The highest BCUT2D eigenvalue weighted by Gasteiger charge is 2.30. The molecule has 0 aromatic heterocycles. The smallest absolute Gasteiger partial charge is 0.340 e. The zero-order valence-corrected chi connectivity index (χ0v) is 20.1. The predicted molar refractivity (Wildman–Crippen MR) is 121 cm³/mol. The Kier molecular flexibility index (Phi) is 7.97. The number of ether oxygens (including phenoxy) is 5. The van der Waals surface area contributed by atoms with Crippen molar-refractivity contribution < 1.29 is 41.7 Å². The number of anilines is 1. The molecule has 0 atom stereocenters. The van der Waals surface area contributed by atoms with E-state index in [9.17, 15) is 18.0 Å². The zero-order valence-electron chi connectivity index (χ0n) is 19.2. The van der Waals surface area contributed by atoms with Crippen molar-refractivity contribution in [2.24, 2.45) is 0 Å². The van der Waals surface area contributed by atoms with E-state index in [-0.39, 0.29) is 65.3 Å². The van der Waals surface area contributed by atoms with Crippen LogP contribution >= 0.6 is 0 Å². The van der Waals surface area contributed by atoms with E-state index in [1.54, 1.807) is 0 Å². The van der Waals surface area contributed by atoms with Crippen LogP contribution in [0.3, 0.4) is 0 Å². The summed E-state index contributed by atoms with van der Waals surface area (Å²) in [7, 11) is 1.43. The van der Waals surface area contributed by atoms with Crippen molar-refractivity contribution in [3.8, 4) is 17.2 Å². The Labute approximate surface area is 197 Å². The Balaban J connectivity index is 2.00. The highest BCUT2D eigenvalue weighted by atomic mass is 32.2. The number of amides is 1. The molecule has 0 aliphatic carbocycles. The average molecular weight is 495 g/mol. The van der Waals surface area contributed by atoms with Crippen molar-refractivity contribution in [1.29, 1.82) is 0 Å². The minimum atomic E-state index is -3.94. The zero-order chi connectivity index (χ0) is 24.9. The molecular formula is C22H26N2O9S. The SMILES string of the molecule is COC(=O)c1cc(OC)c(OC)cc1NC(=O)c1ccc(OC)c(S(=O)(=O)N2CCOCC2)c1. The third-order valence-electron chi connectivity index (χ3n) is 5.19. The van der Waals surface area contributed by atoms with Gasteiger partial charge in [-0.25, -0.2) is 13.2 Å². The van der Waals surface area contributed by atoms with Gasteiger partial charge >= 0.3 is 5.97 Å². The maximum atomic E-state index is 13.2. The van der Waals surface area contributed by atoms with Crippen LogP contribution in [0, 0.1) is 0 Å². The summed E-state index contributed by atoms with van der Waals surface area (Å²) >= 11 is 0. The minimum absolute atomic E-state index is 0.0307. The van der Waals surface area contributed by atoms with Crippen LogP contribution in [-0.4, -0.2) is 79.3 Å². The normalized spacial score (nSPS) is 14.2. The second-order valence-corrected chi connectivity index (χ2v) is 8.99. The lowest BCUT2D eigenvalue weighted by atomic mass is 10.1. The number of esters is 1. The Morgan fingerprint density at radius 3 is 2.12 bits per heavy atom. The minimum Gasteiger partial charge on any atom is -0.495 e. The van der Waals surface area contributed by atoms with E-state index in [2.05, 4.69) is 5.32 Å². The van der Waals surface area contributed by atoms with E-state index in [0.29, 0.717) is 0 Å². The largest absolute Gasteiger partial charge is 0.495 e. The molecule has 34 heavy (non-hydrogen) atoms. The summed E-state index contributed by atoms with van der Waals surface area (Å²) in [6, 6.07) is 6.85. The molecule has 1 fully saturated rings. The fourth-order valence-electron chi connectivity index (χ4n) is 3.40. The van der Waals surface area contributed by atoms with Crippen LogP contribution < -0.4 is 19.5 Å². The fourth-order valence-corrected chi connectivity index (χ4v) is 4.99. The van der Waals surface area contributed by atoms with E-state index in [1.165, 1.54) is 63.1 Å². The molecule has 1 saturated heterocycles. The number of methoxy groups -OCH3 is 4. The molecule has 1 N–H and O–H groups in total. The lowest BCUT2D eigenvalue weighted by Gasteiger charge is -2.26. The number of nitrogens with one attached hydrogen (secondary N) is 1. The Morgan fingerprint density at radius 1 is 0.912 bits per heavy atom. The van der Waals surface area contributed by atoms with Crippen LogP contribution in [0.2, 0.25) is 0 Å². The fraction of sp³-hybridized carbons (Fsp3) is 0.364. The molecule has 2 aromatic carbocycles. The van der Waals surface area contributed by atoms with Gasteiger partial charge in [0.05, 0.1) is 52.9 Å². The van der Waals surface area contributed by atoms with E-state index < -0.39 is 21.9 Å². The van der Waals surface area contributed by atoms with Gasteiger partial charge in [-0.3, -0.25) is 4.79 Å². The molecular weight excluding hydrogens is 468 g/mol. The van der Waals surface area contributed by atoms with Crippen LogP contribution in [0.5, 0.6) is 17.2 Å². The summed E-state index contributed by atoms with van der Waals surface area (Å²) in [6.07, 6.45) is 0. The van der Waals surface area contributed by atoms with Crippen LogP contribution in [0.25, 0.3) is 0 Å². The van der Waals surface area contributed by atoms with Crippen molar-refractivity contribution in [3.63, 3.8) is 0 Å². The van der Waals surface area contributed by atoms with Crippen LogP contribution in [0.4, 0.5) is 5.69 Å². The number of rotatable bonds is 8. The van der Waals surface area contributed by atoms with E-state index in [4.69, 9.17) is 23.7 Å². The summed E-state index contributed by atoms with van der Waals surface area (Å²) in [4.78, 5) is 25.2. The first kappa shape index (κ1) is 25.3. The van der Waals surface area contributed by atoms with Gasteiger partial charge in [0.1, 0.15) is 10.6 Å². The van der Waals surface area contributed by atoms with Gasteiger partial charge in [-0.05, 0) is 18.2 Å². The first-order chi connectivity index (χ1) is 16.3. The first-order valence-corrected chi connectivity index (χ1v) is 11.6. The number of benzene rings is 2. The maximum absolute atomic E-state index is 13.2. The van der Waals surface area contributed by atoms with Crippen LogP contribution in [-0.2, 0) is 19.5 Å². The number of sulfonamides is 1. The summed E-state index contributed by atoms with van der Waals surface area (Å²) in [5.41, 5.74) is 0.171. The Morgan fingerprint density at radius 2 is 1.53 bits per heavy atom. The summed E-state index contributed by atoms with van der Waals surface area (Å²) < 4.78 is 53.4. The standard InChI is InChI=1S/C22H26N2O9S/c1-29-17-6-5-14(11-20(17)34(27,28)24-7-9-33-10-8-24)21(25)23-16-13-19(31-3)18(30-2)12-15(16)22(26)32-4/h5-6,11-13H,7-10H2,1-4H3,(H,23,25). The van der Waals surface area contributed by atoms with Crippen LogP contribution in [0.1, 0.15) is 20.7 Å². The average Bonchev–Trinajstić information content (AvgIpc) is 2.87. The van der Waals surface area contributed by atoms with Gasteiger partial charge in [0.2, 0.25) is 10.0 Å². The molecule has 1 heterocycles. The topological polar surface area (TPSA) is 130 Å². The molecule has 12 heteroatoms. The number of morpholine rings is 1. The quantitative estimate of drug-likeness (QED) is 0.546. The molecule has 1 aliphatic rings. The van der Waals surface area contributed by atoms with Gasteiger partial charge in [-0.2, -0.15) is 4.31 Å². The highest BCUT2D eigenvalue weighted by Crippen LogP contribution is 2.34. The van der Waals surface area contributed by atoms with E-state index in [0.717, 1.165) is 0 Å². The van der Waals surface area contributed by atoms with Crippen molar-refractivity contribution in [3.05, 3.63) is 41.5 Å². The second kappa shape index (κ2) is 10.7. The molecule has 0 unspecified atom stereocenters. The first-order valence-electron chi connectivity index (χ1n) is 10.2. The number of nitrogens with zero attached hydrogens (tertiary/aromatic N) is 1. The van der Waals surface area contributed by atoms with Gasteiger partial charge in [0, 0.05) is 30.8 Å². The number of hydrogen-bond acceptors (Lipinski definition) is 9. The van der Waals surface area contributed by atoms with Crippen molar-refractivity contribution >= 4 is 27.6 Å². The molecule has 1 aliphatic heterocycles. The molecule has 11 nitrogen and oxygen atoms in total. The van der Waals surface area contributed by atoms with E-state index in [1.807, 2.05) is 0 Å². The van der Waals surface area contributed by atoms with Crippen molar-refractivity contribution in [1.82, 2.24) is 4.31 Å². The summed E-state index contributed by atoms with van der Waals surface area (Å²) in [5.74, 6) is -0.718. The Hall–Kier alpha value is -3.35. The second-order valence-electron chi connectivity index (χ2n) is 7.08. The molecule has 1 amide bonds. The van der Waals surface area contributed by atoms with Gasteiger partial charge in [0.25, 0.3) is 5.91 Å². The lowest BCUT2D eigenvalue weighted by molar-refractivity contribution is 0.0601. The van der Waals surface area contributed by atoms with E-state index >= 15 is 0 Å². The molecule has 0 saturated carbocycles. The summed E-state index contributed by atoms with van der Waals surface area (Å²) in [5, 5.41) is 2.62. The monoisotopic (exact) mass is 494 g/mol. The number of hydrogen-bond donors (Lipinski definition) is 1. The predicted octanol–water partition coefficient (Wildman–Crippen LogP) is 1.77. The molecule has 0 bridgehead atoms. The third-order valence-corrected chi connectivity index (χ3v) is 7.11. The van der Waals surface area contributed by atoms with Gasteiger partial charge in [-0.1, -0.05) is 0 Å². The van der Waals surface area contributed by atoms with Crippen molar-refractivity contribution in [2.75, 3.05) is 60.1 Å². The highest BCUT2D eigenvalue weighted by molar-refractivity contribution is 7.89.